The van der Waals surface area contributed by atoms with Crippen LogP contribution in [0.2, 0.25) is 0 Å². The fourth-order valence-electron chi connectivity index (χ4n) is 0.990. The molecule has 0 unspecified atom stereocenters. The van der Waals surface area contributed by atoms with Crippen LogP contribution in [0.3, 0.4) is 0 Å². The second-order valence-electron chi connectivity index (χ2n) is 2.46. The Bertz CT molecular complexity index is 568. The molecule has 78 valence electrons. The summed E-state index contributed by atoms with van der Waals surface area (Å²) in [6.45, 7) is 0. The summed E-state index contributed by atoms with van der Waals surface area (Å²) in [7, 11) is 0. The van der Waals surface area contributed by atoms with Crippen molar-refractivity contribution in [1.82, 2.24) is 19.0 Å². The lowest BCUT2D eigenvalue weighted by atomic mass is 10.5. The molecule has 0 aliphatic carbocycles. The minimum Gasteiger partial charge on any atom is -0.265 e. The molecule has 0 spiro atoms. The van der Waals surface area contributed by atoms with Gasteiger partial charge in [0.1, 0.15) is 0 Å². The van der Waals surface area contributed by atoms with Crippen molar-refractivity contribution in [3.8, 4) is 0 Å². The van der Waals surface area contributed by atoms with E-state index in [-0.39, 0.29) is 17.1 Å². The predicted octanol–water partition coefficient (Wildman–Crippen LogP) is 1.30. The molecule has 0 fully saturated rings. The van der Waals surface area contributed by atoms with Crippen LogP contribution in [-0.4, -0.2) is 19.0 Å². The Morgan fingerprint density at radius 1 is 1.27 bits per heavy atom. The van der Waals surface area contributed by atoms with E-state index in [4.69, 9.17) is 35.3 Å². The first-order chi connectivity index (χ1) is 7.11. The molecule has 2 rings (SSSR count). The van der Waals surface area contributed by atoms with Crippen molar-refractivity contribution in [3.05, 3.63) is 22.7 Å². The first kappa shape index (κ1) is 10.4. The Morgan fingerprint density at radius 3 is 2.60 bits per heavy atom. The van der Waals surface area contributed by atoms with Gasteiger partial charge in [0.05, 0.1) is 0 Å². The zero-order valence-corrected chi connectivity index (χ0v) is 9.20. The number of nitrogens with zero attached hydrogens (tertiary/aromatic N) is 5. The monoisotopic (exact) mass is 265 g/mol. The van der Waals surface area contributed by atoms with Crippen LogP contribution in [0.15, 0.2) is 17.2 Å². The molecule has 0 saturated carbocycles. The number of hydrogen-bond donors (Lipinski definition) is 0. The van der Waals surface area contributed by atoms with E-state index in [9.17, 15) is 4.79 Å². The van der Waals surface area contributed by atoms with Gasteiger partial charge in [-0.2, -0.15) is 13.0 Å². The van der Waals surface area contributed by atoms with Crippen LogP contribution in [0.5, 0.6) is 0 Å². The van der Waals surface area contributed by atoms with Crippen molar-refractivity contribution < 1.29 is 0 Å². The maximum absolute atomic E-state index is 11.6. The van der Waals surface area contributed by atoms with Gasteiger partial charge in [0.2, 0.25) is 0 Å². The quantitative estimate of drug-likeness (QED) is 0.728. The Morgan fingerprint density at radius 2 is 1.93 bits per heavy atom. The molecule has 9 heteroatoms. The minimum atomic E-state index is -0.587. The van der Waals surface area contributed by atoms with E-state index in [0.717, 1.165) is 0 Å². The highest BCUT2D eigenvalue weighted by atomic mass is 35.5. The third kappa shape index (κ3) is 1.71. The summed E-state index contributed by atoms with van der Waals surface area (Å²) in [6, 6.07) is 0. The zero-order valence-electron chi connectivity index (χ0n) is 6.93. The van der Waals surface area contributed by atoms with Crippen molar-refractivity contribution >= 4 is 52.4 Å². The minimum absolute atomic E-state index is 0.0476. The number of fused-ring (bicyclic) bond motifs is 1. The molecule has 0 atom stereocenters. The molecule has 0 aliphatic heterocycles. The Hall–Kier alpha value is -1.11. The van der Waals surface area contributed by atoms with Gasteiger partial charge in [0.15, 0.2) is 11.2 Å². The molecule has 0 saturated heterocycles. The van der Waals surface area contributed by atoms with Crippen molar-refractivity contribution in [2.45, 2.75) is 0 Å². The molecule has 2 aromatic heterocycles. The van der Waals surface area contributed by atoms with Gasteiger partial charge in [-0.25, -0.2) is 9.97 Å². The van der Waals surface area contributed by atoms with Gasteiger partial charge in [-0.15, -0.1) is 0 Å². The van der Waals surface area contributed by atoms with Crippen LogP contribution in [0, 0.1) is 0 Å². The summed E-state index contributed by atoms with van der Waals surface area (Å²) in [6.07, 6.45) is 2.76. The van der Waals surface area contributed by atoms with Crippen molar-refractivity contribution in [3.63, 3.8) is 0 Å². The van der Waals surface area contributed by atoms with Gasteiger partial charge < -0.3 is 0 Å². The van der Waals surface area contributed by atoms with Crippen LogP contribution in [0.25, 0.3) is 11.2 Å². The fourth-order valence-corrected chi connectivity index (χ4v) is 1.49. The highest BCUT2D eigenvalue weighted by Gasteiger charge is 2.14. The van der Waals surface area contributed by atoms with Crippen molar-refractivity contribution in [1.29, 1.82) is 0 Å². The summed E-state index contributed by atoms with van der Waals surface area (Å²) in [5.74, 6) is -0.141. The highest BCUT2D eigenvalue weighted by Crippen LogP contribution is 2.17. The first-order valence-corrected chi connectivity index (χ1v) is 4.64. The third-order valence-corrected chi connectivity index (χ3v) is 2.20. The van der Waals surface area contributed by atoms with Crippen LogP contribution >= 0.6 is 35.3 Å². The maximum Gasteiger partial charge on any atom is 0.298 e. The van der Waals surface area contributed by atoms with E-state index >= 15 is 0 Å². The standard InChI is InChI=1S/C6H2Cl3N5O/c7-13-5(15)3-4(11-2-1-10-3)12-6(13)14(8)9/h1-2H. The van der Waals surface area contributed by atoms with E-state index in [1.165, 1.54) is 12.4 Å². The van der Waals surface area contributed by atoms with Crippen LogP contribution < -0.4 is 9.50 Å². The average molecular weight is 266 g/mol. The summed E-state index contributed by atoms with van der Waals surface area (Å²) in [4.78, 5) is 23.1. The SMILES string of the molecule is O=c1c2nccnc2nc(N(Cl)Cl)n1Cl. The lowest BCUT2D eigenvalue weighted by molar-refractivity contribution is 1.04. The lowest BCUT2D eigenvalue weighted by Gasteiger charge is -2.07. The third-order valence-electron chi connectivity index (χ3n) is 1.59. The molecular formula is C6H2Cl3N5O. The molecule has 0 bridgehead atoms. The summed E-state index contributed by atoms with van der Waals surface area (Å²) >= 11 is 16.5. The molecule has 0 N–H and O–H groups in total. The summed E-state index contributed by atoms with van der Waals surface area (Å²) < 4.78 is 1.24. The Balaban J connectivity index is 2.89. The topological polar surface area (TPSA) is 63.9 Å². The fraction of sp³-hybridized carbons (Fsp3) is 0. The molecule has 0 amide bonds. The zero-order chi connectivity index (χ0) is 11.0. The molecular weight excluding hydrogens is 264 g/mol. The van der Waals surface area contributed by atoms with Gasteiger partial charge >= 0.3 is 0 Å². The number of halogens is 3. The molecule has 0 radical (unpaired) electrons. The average Bonchev–Trinajstić information content (AvgIpc) is 2.23. The molecule has 0 aromatic carbocycles. The number of anilines is 1. The van der Waals surface area contributed by atoms with Crippen molar-refractivity contribution in [2.75, 3.05) is 3.94 Å². The van der Waals surface area contributed by atoms with E-state index in [0.29, 0.717) is 8.02 Å². The Kier molecular flexibility index (Phi) is 2.64. The van der Waals surface area contributed by atoms with Gasteiger partial charge in [-0.05, 0) is 0 Å². The van der Waals surface area contributed by atoms with Crippen LogP contribution in [0.4, 0.5) is 5.95 Å². The molecule has 0 aliphatic rings. The number of aromatic nitrogens is 4. The van der Waals surface area contributed by atoms with E-state index in [1.54, 1.807) is 0 Å². The van der Waals surface area contributed by atoms with Crippen LogP contribution in [-0.2, 0) is 0 Å². The molecule has 6 nitrogen and oxygen atoms in total. The van der Waals surface area contributed by atoms with Gasteiger partial charge in [0, 0.05) is 47.7 Å². The maximum atomic E-state index is 11.6. The van der Waals surface area contributed by atoms with E-state index in [2.05, 4.69) is 15.0 Å². The summed E-state index contributed by atoms with van der Waals surface area (Å²) in [5.41, 5.74) is -0.414. The lowest BCUT2D eigenvalue weighted by Crippen LogP contribution is -2.20. The van der Waals surface area contributed by atoms with Gasteiger partial charge in [0.25, 0.3) is 11.5 Å². The second kappa shape index (κ2) is 3.80. The molecule has 2 aromatic rings. The van der Waals surface area contributed by atoms with Crippen LogP contribution in [0.1, 0.15) is 0 Å². The summed E-state index contributed by atoms with van der Waals surface area (Å²) in [5, 5.41) is 0. The largest absolute Gasteiger partial charge is 0.298 e. The van der Waals surface area contributed by atoms with E-state index in [1.807, 2.05) is 0 Å². The first-order valence-electron chi connectivity index (χ1n) is 3.63. The van der Waals surface area contributed by atoms with Gasteiger partial charge in [-0.1, -0.05) is 0 Å². The van der Waals surface area contributed by atoms with Gasteiger partial charge in [-0.3, -0.25) is 4.79 Å². The van der Waals surface area contributed by atoms with E-state index < -0.39 is 5.56 Å². The number of hydrogen-bond acceptors (Lipinski definition) is 5. The molecule has 2 heterocycles. The normalized spacial score (nSPS) is 10.6. The highest BCUT2D eigenvalue weighted by molar-refractivity contribution is 6.49. The Labute approximate surface area is 98.4 Å². The smallest absolute Gasteiger partial charge is 0.265 e. The number of rotatable bonds is 1. The second-order valence-corrected chi connectivity index (χ2v) is 3.65. The van der Waals surface area contributed by atoms with Crippen molar-refractivity contribution in [2.24, 2.45) is 0 Å². The predicted molar refractivity (Wildman–Crippen MR) is 57.0 cm³/mol. The molecule has 15 heavy (non-hydrogen) atoms.